The van der Waals surface area contributed by atoms with Crippen LogP contribution in [0, 0.1) is 0 Å². The average molecular weight is 429 g/mol. The smallest absolute Gasteiger partial charge is 0.422 e. The topological polar surface area (TPSA) is 104 Å². The molecule has 3 aromatic rings. The van der Waals surface area contributed by atoms with Gasteiger partial charge < -0.3 is 9.73 Å². The first kappa shape index (κ1) is 21.0. The van der Waals surface area contributed by atoms with Gasteiger partial charge in [-0.05, 0) is 41.9 Å². The molecule has 30 heavy (non-hydrogen) atoms. The average Bonchev–Trinajstić information content (AvgIpc) is 3.08. The number of aromatic nitrogens is 1. The Kier molecular flexibility index (Phi) is 5.31. The fourth-order valence-corrected chi connectivity index (χ4v) is 2.59. The van der Waals surface area contributed by atoms with Crippen LogP contribution in [0.15, 0.2) is 45.9 Å². The molecule has 0 unspecified atom stereocenters. The van der Waals surface area contributed by atoms with Gasteiger partial charge in [0.05, 0.1) is 11.3 Å². The second-order valence-electron chi connectivity index (χ2n) is 5.87. The SMILES string of the molecule is [N-]=[N+]=NCC(=O)Nc1ccc2nc(-c3ccc(C(F)(F)F)cc3)oc2c1C(F)(F)F. The zero-order chi connectivity index (χ0) is 22.1. The number of amides is 1. The van der Waals surface area contributed by atoms with Crippen molar-refractivity contribution in [3.05, 3.63) is 58.0 Å². The Labute approximate surface area is 162 Å². The van der Waals surface area contributed by atoms with E-state index in [1.165, 1.54) is 0 Å². The molecule has 1 aromatic heterocycles. The second kappa shape index (κ2) is 7.59. The first-order valence-electron chi connectivity index (χ1n) is 8.00. The molecule has 13 heteroatoms. The molecule has 0 aliphatic heterocycles. The number of rotatable bonds is 4. The summed E-state index contributed by atoms with van der Waals surface area (Å²) in [5.74, 6) is -1.32. The summed E-state index contributed by atoms with van der Waals surface area (Å²) in [6.45, 7) is -0.723. The summed E-state index contributed by atoms with van der Waals surface area (Å²) in [7, 11) is 0. The molecule has 0 spiro atoms. The van der Waals surface area contributed by atoms with E-state index in [2.05, 4.69) is 15.0 Å². The molecule has 1 N–H and O–H groups in total. The van der Waals surface area contributed by atoms with Crippen LogP contribution in [-0.4, -0.2) is 17.4 Å². The lowest BCUT2D eigenvalue weighted by molar-refractivity contribution is -0.138. The molecule has 7 nitrogen and oxygen atoms in total. The monoisotopic (exact) mass is 429 g/mol. The van der Waals surface area contributed by atoms with Gasteiger partial charge in [-0.25, -0.2) is 4.98 Å². The minimum absolute atomic E-state index is 0.0290. The molecule has 1 amide bonds. The summed E-state index contributed by atoms with van der Waals surface area (Å²) in [5.41, 5.74) is 4.37. The number of carbonyl (C=O) groups is 1. The zero-order valence-electron chi connectivity index (χ0n) is 14.5. The molecule has 0 fully saturated rings. The minimum Gasteiger partial charge on any atom is -0.435 e. The highest BCUT2D eigenvalue weighted by atomic mass is 19.4. The van der Waals surface area contributed by atoms with E-state index in [0.717, 1.165) is 36.4 Å². The lowest BCUT2D eigenvalue weighted by Crippen LogP contribution is -2.18. The normalized spacial score (nSPS) is 11.9. The second-order valence-corrected chi connectivity index (χ2v) is 5.87. The summed E-state index contributed by atoms with van der Waals surface area (Å²) >= 11 is 0. The third-order valence-corrected chi connectivity index (χ3v) is 3.85. The molecule has 3 rings (SSSR count). The number of alkyl halides is 6. The van der Waals surface area contributed by atoms with E-state index in [1.807, 2.05) is 5.32 Å². The van der Waals surface area contributed by atoms with Gasteiger partial charge in [-0.3, -0.25) is 4.79 Å². The number of hydrogen-bond donors (Lipinski definition) is 1. The maximum atomic E-state index is 13.6. The molecule has 0 radical (unpaired) electrons. The molecular weight excluding hydrogens is 420 g/mol. The van der Waals surface area contributed by atoms with Crippen LogP contribution in [0.4, 0.5) is 32.0 Å². The number of anilines is 1. The van der Waals surface area contributed by atoms with E-state index >= 15 is 0 Å². The highest BCUT2D eigenvalue weighted by molar-refractivity contribution is 5.96. The predicted molar refractivity (Wildman–Crippen MR) is 92.1 cm³/mol. The van der Waals surface area contributed by atoms with Crippen LogP contribution in [-0.2, 0) is 17.1 Å². The number of hydrogen-bond acceptors (Lipinski definition) is 4. The van der Waals surface area contributed by atoms with Crippen molar-refractivity contribution in [3.8, 4) is 11.5 Å². The van der Waals surface area contributed by atoms with Crippen LogP contribution in [0.25, 0.3) is 33.0 Å². The van der Waals surface area contributed by atoms with Crippen LogP contribution in [0.5, 0.6) is 0 Å². The Morgan fingerprint density at radius 2 is 1.73 bits per heavy atom. The van der Waals surface area contributed by atoms with Crippen molar-refractivity contribution >= 4 is 22.7 Å². The molecule has 0 bridgehead atoms. The lowest BCUT2D eigenvalue weighted by Gasteiger charge is -2.13. The highest BCUT2D eigenvalue weighted by Gasteiger charge is 2.38. The Morgan fingerprint density at radius 3 is 2.30 bits per heavy atom. The molecule has 156 valence electrons. The summed E-state index contributed by atoms with van der Waals surface area (Å²) in [4.78, 5) is 17.9. The number of azide groups is 1. The third kappa shape index (κ3) is 4.30. The van der Waals surface area contributed by atoms with E-state index in [1.54, 1.807) is 0 Å². The first-order chi connectivity index (χ1) is 14.0. The van der Waals surface area contributed by atoms with Gasteiger partial charge in [0.1, 0.15) is 17.6 Å². The van der Waals surface area contributed by atoms with Crippen LogP contribution in [0.3, 0.4) is 0 Å². The van der Waals surface area contributed by atoms with Crippen LogP contribution < -0.4 is 5.32 Å². The number of nitrogens with zero attached hydrogens (tertiary/aromatic N) is 4. The number of carbonyl (C=O) groups excluding carboxylic acids is 1. The molecular formula is C17H9F6N5O2. The van der Waals surface area contributed by atoms with Crippen LogP contribution in [0.2, 0.25) is 0 Å². The van der Waals surface area contributed by atoms with E-state index in [9.17, 15) is 31.1 Å². The van der Waals surface area contributed by atoms with Gasteiger partial charge in [0.2, 0.25) is 11.8 Å². The molecule has 0 aliphatic rings. The molecule has 1 heterocycles. The maximum absolute atomic E-state index is 13.6. The van der Waals surface area contributed by atoms with Gasteiger partial charge in [0.25, 0.3) is 0 Å². The Morgan fingerprint density at radius 1 is 1.07 bits per heavy atom. The van der Waals surface area contributed by atoms with Crippen LogP contribution in [0.1, 0.15) is 11.1 Å². The quantitative estimate of drug-likeness (QED) is 0.246. The van der Waals surface area contributed by atoms with E-state index < -0.39 is 47.2 Å². The van der Waals surface area contributed by atoms with Crippen molar-refractivity contribution in [2.24, 2.45) is 5.11 Å². The summed E-state index contributed by atoms with van der Waals surface area (Å²) < 4.78 is 84.1. The molecule has 0 aliphatic carbocycles. The summed E-state index contributed by atoms with van der Waals surface area (Å²) in [6, 6.07) is 5.61. The van der Waals surface area contributed by atoms with Gasteiger partial charge in [-0.15, -0.1) is 0 Å². The summed E-state index contributed by atoms with van der Waals surface area (Å²) in [6.07, 6.45) is -9.54. The number of fused-ring (bicyclic) bond motifs is 1. The van der Waals surface area contributed by atoms with Gasteiger partial charge >= 0.3 is 12.4 Å². The van der Waals surface area contributed by atoms with Crippen molar-refractivity contribution in [2.75, 3.05) is 11.9 Å². The van der Waals surface area contributed by atoms with Crippen molar-refractivity contribution in [2.45, 2.75) is 12.4 Å². The molecule has 2 aromatic carbocycles. The van der Waals surface area contributed by atoms with E-state index in [-0.39, 0.29) is 17.0 Å². The Balaban J connectivity index is 2.07. The number of nitrogens with one attached hydrogen (secondary N) is 1. The lowest BCUT2D eigenvalue weighted by atomic mass is 10.1. The largest absolute Gasteiger partial charge is 0.435 e. The van der Waals surface area contributed by atoms with E-state index in [0.29, 0.717) is 0 Å². The molecule has 0 atom stereocenters. The van der Waals surface area contributed by atoms with Gasteiger partial charge in [0, 0.05) is 10.5 Å². The fraction of sp³-hybridized carbons (Fsp3) is 0.176. The number of benzene rings is 2. The zero-order valence-corrected chi connectivity index (χ0v) is 14.5. The van der Waals surface area contributed by atoms with Crippen molar-refractivity contribution in [1.82, 2.24) is 4.98 Å². The summed E-state index contributed by atoms with van der Waals surface area (Å²) in [5, 5.41) is 4.94. The van der Waals surface area contributed by atoms with Gasteiger partial charge in [-0.2, -0.15) is 26.3 Å². The highest BCUT2D eigenvalue weighted by Crippen LogP contribution is 2.41. The van der Waals surface area contributed by atoms with Crippen molar-refractivity contribution in [1.29, 1.82) is 0 Å². The van der Waals surface area contributed by atoms with Crippen molar-refractivity contribution in [3.63, 3.8) is 0 Å². The predicted octanol–water partition coefficient (Wildman–Crippen LogP) is 5.78. The Hall–Kier alpha value is -3.73. The van der Waals surface area contributed by atoms with E-state index in [4.69, 9.17) is 9.95 Å². The van der Waals surface area contributed by atoms with Gasteiger partial charge in [0.15, 0.2) is 5.58 Å². The fourth-order valence-electron chi connectivity index (χ4n) is 2.59. The van der Waals surface area contributed by atoms with Crippen LogP contribution >= 0.6 is 0 Å². The van der Waals surface area contributed by atoms with Crippen molar-refractivity contribution < 1.29 is 35.6 Å². The molecule has 0 saturated heterocycles. The number of oxazole rings is 1. The third-order valence-electron chi connectivity index (χ3n) is 3.85. The molecule has 0 saturated carbocycles. The Bertz CT molecular complexity index is 1140. The number of halogens is 6. The standard InChI is InChI=1S/C17H9F6N5O2/c18-16(19,20)9-3-1-8(2-4-9)15-27-11-6-5-10(26-12(29)7-25-28-24)13(14(11)30-15)17(21,22)23/h1-6H,7H2,(H,26,29). The maximum Gasteiger partial charge on any atom is 0.422 e. The first-order valence-corrected chi connectivity index (χ1v) is 8.00. The minimum atomic E-state index is -4.96. The van der Waals surface area contributed by atoms with Gasteiger partial charge in [-0.1, -0.05) is 5.11 Å².